The Balaban J connectivity index is 5.39. The number of phosphoric acid groups is 2. The summed E-state index contributed by atoms with van der Waals surface area (Å²) < 4.78 is 68.5. The van der Waals surface area contributed by atoms with Crippen molar-refractivity contribution in [1.82, 2.24) is 0 Å². The van der Waals surface area contributed by atoms with Crippen molar-refractivity contribution in [3.8, 4) is 0 Å². The lowest BCUT2D eigenvalue weighted by molar-refractivity contribution is -0.161. The van der Waals surface area contributed by atoms with Crippen LogP contribution in [0.2, 0.25) is 0 Å². The highest BCUT2D eigenvalue weighted by molar-refractivity contribution is 7.47. The SMILES string of the molecule is CC/C=C\C/C=C\C/C=C\C/C=C\C/C=C\CC(=O)OCC(COP(=O)(O)OCC(O)COP(=O)(O)OCC(COC(=O)CCCCCCCC/C=C\C/C=C\C/C=C\C/C=C\CC)OC(=O)CCCCCCCCCCCCCCCCC)OC(=O)CCCCCCCCCCCCCCC. The Hall–Kier alpha value is -4.28. The van der Waals surface area contributed by atoms with E-state index in [0.717, 1.165) is 141 Å². The Morgan fingerprint density at radius 3 is 0.873 bits per heavy atom. The highest BCUT2D eigenvalue weighted by atomic mass is 31.2. The molecule has 0 radical (unpaired) electrons. The van der Waals surface area contributed by atoms with Gasteiger partial charge in [0, 0.05) is 19.3 Å². The molecule has 19 heteroatoms. The van der Waals surface area contributed by atoms with E-state index in [0.29, 0.717) is 25.7 Å². The number of carbonyl (C=O) groups is 4. The molecule has 0 fully saturated rings. The fourth-order valence-corrected chi connectivity index (χ4v) is 12.3. The zero-order chi connectivity index (χ0) is 74.6. The number of unbranched alkanes of at least 4 members (excludes halogenated alkanes) is 32. The van der Waals surface area contributed by atoms with Gasteiger partial charge in [-0.2, -0.15) is 0 Å². The Morgan fingerprint density at radius 2 is 0.549 bits per heavy atom. The van der Waals surface area contributed by atoms with Gasteiger partial charge in [-0.05, 0) is 89.9 Å². The molecule has 3 N–H and O–H groups in total. The second kappa shape index (κ2) is 75.0. The van der Waals surface area contributed by atoms with Crippen LogP contribution in [0.3, 0.4) is 0 Å². The number of carbonyl (C=O) groups excluding carboxylic acids is 4. The molecule has 102 heavy (non-hydrogen) atoms. The van der Waals surface area contributed by atoms with Crippen molar-refractivity contribution in [3.63, 3.8) is 0 Å². The van der Waals surface area contributed by atoms with Crippen LogP contribution in [0.25, 0.3) is 0 Å². The number of hydrogen-bond acceptors (Lipinski definition) is 15. The second-order valence-electron chi connectivity index (χ2n) is 26.6. The number of esters is 4. The van der Waals surface area contributed by atoms with Gasteiger partial charge in [0.1, 0.15) is 19.3 Å². The molecule has 0 amide bonds. The van der Waals surface area contributed by atoms with Crippen LogP contribution in [0.4, 0.5) is 0 Å². The number of aliphatic hydroxyl groups is 1. The van der Waals surface area contributed by atoms with Gasteiger partial charge >= 0.3 is 39.5 Å². The summed E-state index contributed by atoms with van der Waals surface area (Å²) >= 11 is 0. The molecular weight excluding hydrogens is 1330 g/mol. The normalized spacial score (nSPS) is 14.5. The van der Waals surface area contributed by atoms with Gasteiger partial charge in [0.15, 0.2) is 12.2 Å². The van der Waals surface area contributed by atoms with E-state index < -0.39 is 97.5 Å². The van der Waals surface area contributed by atoms with Crippen LogP contribution in [-0.4, -0.2) is 96.7 Å². The molecule has 0 aromatic rings. The molecule has 17 nitrogen and oxygen atoms in total. The summed E-state index contributed by atoms with van der Waals surface area (Å²) in [5.74, 6) is -2.32. The maximum Gasteiger partial charge on any atom is 0.472 e. The molecular formula is C83H144O17P2. The molecule has 0 aromatic carbocycles. The van der Waals surface area contributed by atoms with Crippen molar-refractivity contribution in [2.45, 2.75) is 354 Å². The average Bonchev–Trinajstić information content (AvgIpc) is 0.909. The van der Waals surface area contributed by atoms with Crippen molar-refractivity contribution in [1.29, 1.82) is 0 Å². The predicted octanol–water partition coefficient (Wildman–Crippen LogP) is 23.3. The van der Waals surface area contributed by atoms with Crippen LogP contribution in [0, 0.1) is 0 Å². The summed E-state index contributed by atoms with van der Waals surface area (Å²) in [5, 5.41) is 10.6. The van der Waals surface area contributed by atoms with E-state index in [1.165, 1.54) is 116 Å². The Labute approximate surface area is 619 Å². The molecule has 5 atom stereocenters. The summed E-state index contributed by atoms with van der Waals surface area (Å²) in [6, 6.07) is 0. The van der Waals surface area contributed by atoms with Crippen LogP contribution in [0.1, 0.15) is 336 Å². The van der Waals surface area contributed by atoms with Gasteiger partial charge < -0.3 is 33.8 Å². The Morgan fingerprint density at radius 1 is 0.294 bits per heavy atom. The highest BCUT2D eigenvalue weighted by Gasteiger charge is 2.30. The lowest BCUT2D eigenvalue weighted by Crippen LogP contribution is -2.30. The van der Waals surface area contributed by atoms with Crippen LogP contribution < -0.4 is 0 Å². The zero-order valence-corrected chi connectivity index (χ0v) is 66.0. The van der Waals surface area contributed by atoms with Crippen molar-refractivity contribution in [3.05, 3.63) is 109 Å². The van der Waals surface area contributed by atoms with Gasteiger partial charge in [-0.1, -0.05) is 330 Å². The quantitative estimate of drug-likeness (QED) is 0.0169. The molecule has 5 unspecified atom stereocenters. The second-order valence-corrected chi connectivity index (χ2v) is 29.5. The van der Waals surface area contributed by atoms with E-state index in [1.807, 2.05) is 18.2 Å². The molecule has 0 rings (SSSR count). The fraction of sp³-hybridized carbons (Fsp3) is 0.735. The predicted molar refractivity (Wildman–Crippen MR) is 418 cm³/mol. The van der Waals surface area contributed by atoms with Crippen molar-refractivity contribution in [2.24, 2.45) is 0 Å². The number of ether oxygens (including phenoxy) is 4. The molecule has 0 spiro atoms. The number of rotatable bonds is 75. The third-order valence-corrected chi connectivity index (χ3v) is 18.7. The summed E-state index contributed by atoms with van der Waals surface area (Å²) in [4.78, 5) is 72.9. The van der Waals surface area contributed by atoms with E-state index in [4.69, 9.17) is 37.0 Å². The first kappa shape index (κ1) is 97.7. The van der Waals surface area contributed by atoms with E-state index in [9.17, 15) is 43.2 Å². The van der Waals surface area contributed by atoms with E-state index in [2.05, 4.69) is 113 Å². The van der Waals surface area contributed by atoms with Crippen LogP contribution in [0.5, 0.6) is 0 Å². The van der Waals surface area contributed by atoms with Gasteiger partial charge in [-0.3, -0.25) is 37.3 Å². The Kier molecular flexibility index (Phi) is 71.8. The number of allylic oxidation sites excluding steroid dienone is 17. The fourth-order valence-electron chi connectivity index (χ4n) is 10.8. The van der Waals surface area contributed by atoms with E-state index in [-0.39, 0.29) is 25.7 Å². The molecule has 0 bridgehead atoms. The summed E-state index contributed by atoms with van der Waals surface area (Å²) in [6.07, 6.45) is 80.9. The van der Waals surface area contributed by atoms with E-state index >= 15 is 0 Å². The third kappa shape index (κ3) is 74.0. The topological polar surface area (TPSA) is 237 Å². The minimum atomic E-state index is -4.99. The van der Waals surface area contributed by atoms with Gasteiger partial charge in [0.2, 0.25) is 0 Å². The lowest BCUT2D eigenvalue weighted by Gasteiger charge is -2.21. The highest BCUT2D eigenvalue weighted by Crippen LogP contribution is 2.45. The summed E-state index contributed by atoms with van der Waals surface area (Å²) in [7, 11) is -9.98. The average molecular weight is 1480 g/mol. The minimum absolute atomic E-state index is 0.0689. The van der Waals surface area contributed by atoms with Gasteiger partial charge in [0.25, 0.3) is 0 Å². The molecule has 0 aliphatic rings. The first-order valence-electron chi connectivity index (χ1n) is 40.1. The van der Waals surface area contributed by atoms with Crippen molar-refractivity contribution < 1.29 is 80.2 Å². The maximum atomic E-state index is 13.1. The van der Waals surface area contributed by atoms with E-state index in [1.54, 1.807) is 6.08 Å². The van der Waals surface area contributed by atoms with Crippen LogP contribution >= 0.6 is 15.6 Å². The van der Waals surface area contributed by atoms with Crippen LogP contribution in [-0.2, 0) is 65.4 Å². The molecule has 0 saturated carbocycles. The summed E-state index contributed by atoms with van der Waals surface area (Å²) in [5.41, 5.74) is 0. The molecule has 0 aliphatic carbocycles. The van der Waals surface area contributed by atoms with Crippen molar-refractivity contribution >= 4 is 39.5 Å². The lowest BCUT2D eigenvalue weighted by atomic mass is 10.0. The molecule has 0 aromatic heterocycles. The van der Waals surface area contributed by atoms with Crippen molar-refractivity contribution in [2.75, 3.05) is 39.6 Å². The maximum absolute atomic E-state index is 13.1. The largest absolute Gasteiger partial charge is 0.472 e. The molecule has 0 heterocycles. The number of hydrogen-bond donors (Lipinski definition) is 3. The molecule has 0 saturated heterocycles. The minimum Gasteiger partial charge on any atom is -0.462 e. The monoisotopic (exact) mass is 1470 g/mol. The van der Waals surface area contributed by atoms with Gasteiger partial charge in [-0.25, -0.2) is 9.13 Å². The standard InChI is InChI=1S/C83H144O17P2/c1-5-9-13-17-21-25-29-33-36-37-38-39-42-45-48-52-56-60-64-68-81(86)94-74-79(100-83(88)70-66-62-58-54-50-46-41-35-31-27-23-19-15-11-7-3)76-98-102(91,92)96-72-77(84)71-95-101(89,90)97-75-78(99-82(87)69-65-61-57-53-49-43-32-28-24-20-16-12-8-4)73-93-80(85)67-63-59-55-51-47-44-40-34-30-26-22-18-14-10-6-2/h9-10,13-14,21-22,25-26,33-34,36,38-40,47,51,59,63,77-79,84H,5-8,11-12,15-20,23-24,27-32,35,37,41-46,48-50,52-58,60-62,64-76H2,1-4H3,(H,89,90)(H,91,92)/b13-9-,14-10-,25-21-,26-22-,36-33-,39-38-,40-34-,51-47-,63-59-. The first-order valence-corrected chi connectivity index (χ1v) is 43.1. The number of aliphatic hydroxyl groups excluding tert-OH is 1. The van der Waals surface area contributed by atoms with Gasteiger partial charge in [-0.15, -0.1) is 0 Å². The molecule has 588 valence electrons. The van der Waals surface area contributed by atoms with Crippen LogP contribution in [0.15, 0.2) is 109 Å². The summed E-state index contributed by atoms with van der Waals surface area (Å²) in [6.45, 7) is 4.56. The zero-order valence-electron chi connectivity index (χ0n) is 64.3. The smallest absolute Gasteiger partial charge is 0.462 e. The Bertz CT molecular complexity index is 2360. The molecule has 0 aliphatic heterocycles. The van der Waals surface area contributed by atoms with Gasteiger partial charge in [0.05, 0.1) is 32.8 Å². The number of phosphoric ester groups is 2. The third-order valence-electron chi connectivity index (χ3n) is 16.8. The first-order chi connectivity index (χ1) is 49.7.